The van der Waals surface area contributed by atoms with Crippen molar-refractivity contribution in [2.75, 3.05) is 32.1 Å². The molecule has 1 rings (SSSR count). The number of hydrogen-bond acceptors (Lipinski definition) is 3. The van der Waals surface area contributed by atoms with E-state index in [4.69, 9.17) is 11.6 Å². The van der Waals surface area contributed by atoms with Gasteiger partial charge < -0.3 is 15.5 Å². The van der Waals surface area contributed by atoms with Crippen LogP contribution in [0.4, 0.5) is 5.69 Å². The molecule has 21 heavy (non-hydrogen) atoms. The minimum atomic E-state index is 0.0512. The average molecular weight is 312 g/mol. The van der Waals surface area contributed by atoms with Crippen LogP contribution in [0.15, 0.2) is 18.2 Å². The van der Waals surface area contributed by atoms with Crippen LogP contribution in [0.5, 0.6) is 0 Å². The van der Waals surface area contributed by atoms with Gasteiger partial charge in [-0.25, -0.2) is 0 Å². The number of halogens is 1. The van der Waals surface area contributed by atoms with Crippen LogP contribution in [0.2, 0.25) is 5.02 Å². The Morgan fingerprint density at radius 1 is 1.38 bits per heavy atom. The number of rotatable bonds is 8. The summed E-state index contributed by atoms with van der Waals surface area (Å²) in [7, 11) is 3.66. The molecule has 0 aliphatic heterocycles. The van der Waals surface area contributed by atoms with E-state index in [0.717, 1.165) is 29.4 Å². The minimum Gasteiger partial charge on any atom is -0.374 e. The van der Waals surface area contributed by atoms with Crippen molar-refractivity contribution < 1.29 is 4.79 Å². The van der Waals surface area contributed by atoms with Crippen molar-refractivity contribution in [2.45, 2.75) is 26.8 Å². The van der Waals surface area contributed by atoms with Crippen molar-refractivity contribution in [2.24, 2.45) is 5.92 Å². The van der Waals surface area contributed by atoms with Crippen molar-refractivity contribution in [1.29, 1.82) is 0 Å². The zero-order valence-electron chi connectivity index (χ0n) is 13.4. The van der Waals surface area contributed by atoms with E-state index < -0.39 is 0 Å². The van der Waals surface area contributed by atoms with Gasteiger partial charge in [-0.15, -0.1) is 0 Å². The quantitative estimate of drug-likeness (QED) is 0.776. The van der Waals surface area contributed by atoms with Gasteiger partial charge in [-0.3, -0.25) is 4.79 Å². The first-order chi connectivity index (χ1) is 9.93. The molecule has 2 N–H and O–H groups in total. The molecule has 0 unspecified atom stereocenters. The molecule has 0 heterocycles. The summed E-state index contributed by atoms with van der Waals surface area (Å²) in [6.07, 6.45) is 0.481. The van der Waals surface area contributed by atoms with Crippen LogP contribution in [0.1, 0.15) is 25.8 Å². The Morgan fingerprint density at radius 2 is 2.10 bits per heavy atom. The molecule has 5 heteroatoms. The van der Waals surface area contributed by atoms with Crippen molar-refractivity contribution >= 4 is 23.2 Å². The summed E-state index contributed by atoms with van der Waals surface area (Å²) < 4.78 is 0. The smallest absolute Gasteiger partial charge is 0.221 e. The monoisotopic (exact) mass is 311 g/mol. The van der Waals surface area contributed by atoms with E-state index in [1.54, 1.807) is 7.05 Å². The first-order valence-electron chi connectivity index (χ1n) is 7.35. The van der Waals surface area contributed by atoms with E-state index in [1.807, 2.05) is 25.2 Å². The molecule has 0 atom stereocenters. The molecule has 0 aromatic heterocycles. The van der Waals surface area contributed by atoms with Crippen LogP contribution in [-0.2, 0) is 11.3 Å². The summed E-state index contributed by atoms with van der Waals surface area (Å²) in [5.41, 5.74) is 2.27. The van der Waals surface area contributed by atoms with E-state index in [9.17, 15) is 4.79 Å². The molecule has 4 nitrogen and oxygen atoms in total. The number of carbonyl (C=O) groups excluding carboxylic acids is 1. The van der Waals surface area contributed by atoms with Crippen LogP contribution in [0, 0.1) is 5.92 Å². The lowest BCUT2D eigenvalue weighted by Crippen LogP contribution is -2.27. The van der Waals surface area contributed by atoms with Gasteiger partial charge in [0, 0.05) is 44.3 Å². The van der Waals surface area contributed by atoms with Crippen LogP contribution >= 0.6 is 11.6 Å². The van der Waals surface area contributed by atoms with Crippen molar-refractivity contribution in [3.05, 3.63) is 28.8 Å². The Morgan fingerprint density at radius 3 is 2.71 bits per heavy atom. The first-order valence-corrected chi connectivity index (χ1v) is 7.72. The fraction of sp³-hybridized carbons (Fsp3) is 0.562. The normalized spacial score (nSPS) is 10.8. The molecule has 0 fully saturated rings. The zero-order chi connectivity index (χ0) is 15.8. The maximum Gasteiger partial charge on any atom is 0.221 e. The predicted octanol–water partition coefficient (Wildman–Crippen LogP) is 2.66. The zero-order valence-corrected chi connectivity index (χ0v) is 14.1. The summed E-state index contributed by atoms with van der Waals surface area (Å²) in [5.74, 6) is 0.661. The fourth-order valence-corrected chi connectivity index (χ4v) is 2.27. The highest BCUT2D eigenvalue weighted by atomic mass is 35.5. The third-order valence-corrected chi connectivity index (χ3v) is 3.51. The second-order valence-corrected chi connectivity index (χ2v) is 6.08. The van der Waals surface area contributed by atoms with Gasteiger partial charge in [0.15, 0.2) is 0 Å². The Kier molecular flexibility index (Phi) is 7.54. The van der Waals surface area contributed by atoms with E-state index in [-0.39, 0.29) is 5.91 Å². The Bertz CT molecular complexity index is 463. The lowest BCUT2D eigenvalue weighted by Gasteiger charge is -2.23. The number of anilines is 1. The summed E-state index contributed by atoms with van der Waals surface area (Å²) in [5, 5.41) is 6.81. The van der Waals surface area contributed by atoms with Crippen LogP contribution in [0.3, 0.4) is 0 Å². The molecule has 1 aromatic carbocycles. The van der Waals surface area contributed by atoms with Crippen molar-refractivity contribution in [3.63, 3.8) is 0 Å². The van der Waals surface area contributed by atoms with Crippen LogP contribution < -0.4 is 15.5 Å². The number of hydrogen-bond donors (Lipinski definition) is 2. The number of benzene rings is 1. The summed E-state index contributed by atoms with van der Waals surface area (Å²) in [6.45, 7) is 6.79. The molecule has 0 aliphatic rings. The average Bonchev–Trinajstić information content (AvgIpc) is 2.44. The topological polar surface area (TPSA) is 44.4 Å². The SMILES string of the molecule is CNC(=O)CCN(C)c1ccc(Cl)cc1CNCC(C)C. The number of amides is 1. The third-order valence-electron chi connectivity index (χ3n) is 3.27. The Labute approximate surface area is 132 Å². The molecular weight excluding hydrogens is 286 g/mol. The van der Waals surface area contributed by atoms with Gasteiger partial charge >= 0.3 is 0 Å². The van der Waals surface area contributed by atoms with Crippen molar-refractivity contribution in [3.8, 4) is 0 Å². The maximum atomic E-state index is 11.4. The number of nitrogens with zero attached hydrogens (tertiary/aromatic N) is 1. The van der Waals surface area contributed by atoms with Gasteiger partial charge in [-0.2, -0.15) is 0 Å². The predicted molar refractivity (Wildman–Crippen MR) is 90.0 cm³/mol. The van der Waals surface area contributed by atoms with Crippen LogP contribution in [-0.4, -0.2) is 33.1 Å². The van der Waals surface area contributed by atoms with Gasteiger partial charge in [0.1, 0.15) is 0 Å². The lowest BCUT2D eigenvalue weighted by molar-refractivity contribution is -0.120. The highest BCUT2D eigenvalue weighted by Crippen LogP contribution is 2.23. The van der Waals surface area contributed by atoms with Crippen molar-refractivity contribution in [1.82, 2.24) is 10.6 Å². The molecule has 0 bridgehead atoms. The molecule has 0 radical (unpaired) electrons. The standard InChI is InChI=1S/C16H26ClN3O/c1-12(2)10-19-11-13-9-14(17)5-6-15(13)20(4)8-7-16(21)18-3/h5-6,9,12,19H,7-8,10-11H2,1-4H3,(H,18,21). The van der Waals surface area contributed by atoms with Gasteiger partial charge in [-0.05, 0) is 36.2 Å². The largest absolute Gasteiger partial charge is 0.374 e. The molecule has 0 saturated carbocycles. The Hall–Kier alpha value is -1.26. The molecule has 0 spiro atoms. The van der Waals surface area contributed by atoms with Gasteiger partial charge in [0.25, 0.3) is 0 Å². The summed E-state index contributed by atoms with van der Waals surface area (Å²) in [4.78, 5) is 13.5. The summed E-state index contributed by atoms with van der Waals surface area (Å²) in [6, 6.07) is 5.89. The summed E-state index contributed by atoms with van der Waals surface area (Å²) >= 11 is 6.10. The molecule has 118 valence electrons. The van der Waals surface area contributed by atoms with E-state index in [2.05, 4.69) is 29.4 Å². The van der Waals surface area contributed by atoms with E-state index in [0.29, 0.717) is 18.9 Å². The lowest BCUT2D eigenvalue weighted by atomic mass is 10.1. The molecule has 1 amide bonds. The molecular formula is C16H26ClN3O. The number of carbonyl (C=O) groups is 1. The maximum absolute atomic E-state index is 11.4. The van der Waals surface area contributed by atoms with E-state index >= 15 is 0 Å². The van der Waals surface area contributed by atoms with Gasteiger partial charge in [0.05, 0.1) is 0 Å². The van der Waals surface area contributed by atoms with Gasteiger partial charge in [0.2, 0.25) is 5.91 Å². The Balaban J connectivity index is 2.72. The van der Waals surface area contributed by atoms with Crippen LogP contribution in [0.25, 0.3) is 0 Å². The van der Waals surface area contributed by atoms with Gasteiger partial charge in [-0.1, -0.05) is 25.4 Å². The minimum absolute atomic E-state index is 0.0512. The first kappa shape index (κ1) is 17.8. The van der Waals surface area contributed by atoms with E-state index in [1.165, 1.54) is 0 Å². The highest BCUT2D eigenvalue weighted by Gasteiger charge is 2.10. The molecule has 1 aromatic rings. The second-order valence-electron chi connectivity index (χ2n) is 5.64. The molecule has 0 aliphatic carbocycles. The second kappa shape index (κ2) is 8.90. The third kappa shape index (κ3) is 6.36. The number of nitrogens with one attached hydrogen (secondary N) is 2. The molecule has 0 saturated heterocycles. The highest BCUT2D eigenvalue weighted by molar-refractivity contribution is 6.30. The fourth-order valence-electron chi connectivity index (χ4n) is 2.08.